The molecule has 0 saturated carbocycles. The van der Waals surface area contributed by atoms with E-state index in [-0.39, 0.29) is 11.5 Å². The number of aliphatic hydroxyl groups excluding tert-OH is 1. The summed E-state index contributed by atoms with van der Waals surface area (Å²) < 4.78 is 0. The number of aliphatic hydroxyl groups is 1. The number of hydrogen-bond donors (Lipinski definition) is 2. The van der Waals surface area contributed by atoms with E-state index in [9.17, 15) is 5.11 Å². The van der Waals surface area contributed by atoms with Gasteiger partial charge in [-0.15, -0.1) is 0 Å². The van der Waals surface area contributed by atoms with Gasteiger partial charge in [0.05, 0.1) is 12.2 Å². The molecule has 0 fully saturated rings. The Balaban J connectivity index is 3.61. The second-order valence-corrected chi connectivity index (χ2v) is 4.90. The molecule has 1 atom stereocenters. The molecule has 0 amide bonds. The van der Waals surface area contributed by atoms with Crippen LogP contribution < -0.4 is 5.32 Å². The van der Waals surface area contributed by atoms with Gasteiger partial charge >= 0.3 is 0 Å². The van der Waals surface area contributed by atoms with Crippen LogP contribution in [0.3, 0.4) is 0 Å². The molecular weight excluding hydrogens is 188 g/mol. The standard InChI is InChI=1S/C12H24N2O/c1-4-6-11(15)9-14-10-12(2,3)7-5-8-13/h11,14-15H,4-7,9-10H2,1-3H3. The molecule has 0 saturated heterocycles. The van der Waals surface area contributed by atoms with Crippen LogP contribution in [0.15, 0.2) is 0 Å². The molecule has 1 unspecified atom stereocenters. The molecule has 0 radical (unpaired) electrons. The first-order chi connectivity index (χ1) is 7.02. The lowest BCUT2D eigenvalue weighted by molar-refractivity contribution is 0.154. The highest BCUT2D eigenvalue weighted by Gasteiger charge is 2.17. The van der Waals surface area contributed by atoms with Gasteiger partial charge in [-0.25, -0.2) is 0 Å². The molecule has 3 heteroatoms. The van der Waals surface area contributed by atoms with Gasteiger partial charge in [-0.2, -0.15) is 5.26 Å². The van der Waals surface area contributed by atoms with Gasteiger partial charge in [0, 0.05) is 19.5 Å². The molecular formula is C12H24N2O. The number of nitrogens with zero attached hydrogens (tertiary/aromatic N) is 1. The molecule has 3 nitrogen and oxygen atoms in total. The molecule has 88 valence electrons. The lowest BCUT2D eigenvalue weighted by Gasteiger charge is -2.24. The first-order valence-corrected chi connectivity index (χ1v) is 5.77. The van der Waals surface area contributed by atoms with Crippen molar-refractivity contribution < 1.29 is 5.11 Å². The number of nitriles is 1. The second-order valence-electron chi connectivity index (χ2n) is 4.90. The Hall–Kier alpha value is -0.590. The highest BCUT2D eigenvalue weighted by molar-refractivity contribution is 4.79. The van der Waals surface area contributed by atoms with Crippen molar-refractivity contribution in [1.29, 1.82) is 5.26 Å². The molecule has 0 aliphatic heterocycles. The van der Waals surface area contributed by atoms with Crippen molar-refractivity contribution in [2.24, 2.45) is 5.41 Å². The van der Waals surface area contributed by atoms with E-state index in [0.717, 1.165) is 25.8 Å². The summed E-state index contributed by atoms with van der Waals surface area (Å²) in [7, 11) is 0. The average molecular weight is 212 g/mol. The summed E-state index contributed by atoms with van der Waals surface area (Å²) in [5, 5.41) is 21.3. The maximum atomic E-state index is 9.51. The van der Waals surface area contributed by atoms with Gasteiger partial charge in [-0.1, -0.05) is 27.2 Å². The third-order valence-corrected chi connectivity index (χ3v) is 2.52. The van der Waals surface area contributed by atoms with Crippen molar-refractivity contribution in [3.8, 4) is 6.07 Å². The average Bonchev–Trinajstić information content (AvgIpc) is 2.15. The maximum Gasteiger partial charge on any atom is 0.0664 e. The Labute approximate surface area is 93.5 Å². The van der Waals surface area contributed by atoms with Crippen LogP contribution in [0, 0.1) is 16.7 Å². The molecule has 0 aromatic carbocycles. The predicted molar refractivity (Wildman–Crippen MR) is 62.4 cm³/mol. The van der Waals surface area contributed by atoms with Crippen LogP contribution in [0.4, 0.5) is 0 Å². The third kappa shape index (κ3) is 8.41. The van der Waals surface area contributed by atoms with Gasteiger partial charge < -0.3 is 10.4 Å². The molecule has 0 aliphatic rings. The Morgan fingerprint density at radius 3 is 2.67 bits per heavy atom. The Morgan fingerprint density at radius 1 is 1.47 bits per heavy atom. The van der Waals surface area contributed by atoms with E-state index >= 15 is 0 Å². The zero-order chi connectivity index (χ0) is 11.7. The van der Waals surface area contributed by atoms with E-state index < -0.39 is 0 Å². The zero-order valence-electron chi connectivity index (χ0n) is 10.2. The minimum Gasteiger partial charge on any atom is -0.392 e. The van der Waals surface area contributed by atoms with Gasteiger partial charge in [0.1, 0.15) is 0 Å². The summed E-state index contributed by atoms with van der Waals surface area (Å²) >= 11 is 0. The molecule has 0 rings (SSSR count). The molecule has 0 aromatic rings. The van der Waals surface area contributed by atoms with Crippen molar-refractivity contribution in [2.75, 3.05) is 13.1 Å². The van der Waals surface area contributed by atoms with Crippen molar-refractivity contribution >= 4 is 0 Å². The molecule has 0 spiro atoms. The van der Waals surface area contributed by atoms with Crippen LogP contribution in [0.2, 0.25) is 0 Å². The number of hydrogen-bond acceptors (Lipinski definition) is 3. The summed E-state index contributed by atoms with van der Waals surface area (Å²) in [6, 6.07) is 2.17. The SMILES string of the molecule is CCCC(O)CNCC(C)(C)CCC#N. The summed E-state index contributed by atoms with van der Waals surface area (Å²) in [6.07, 6.45) is 3.14. The van der Waals surface area contributed by atoms with E-state index in [0.29, 0.717) is 13.0 Å². The molecule has 0 aromatic heterocycles. The topological polar surface area (TPSA) is 56.0 Å². The largest absolute Gasteiger partial charge is 0.392 e. The van der Waals surface area contributed by atoms with Gasteiger partial charge in [-0.3, -0.25) is 0 Å². The van der Waals surface area contributed by atoms with E-state index in [1.54, 1.807) is 0 Å². The quantitative estimate of drug-likeness (QED) is 0.647. The van der Waals surface area contributed by atoms with Gasteiger partial charge in [0.2, 0.25) is 0 Å². The summed E-state index contributed by atoms with van der Waals surface area (Å²) in [5.41, 5.74) is 0.141. The van der Waals surface area contributed by atoms with Gasteiger partial charge in [-0.05, 0) is 18.3 Å². The Kier molecular flexibility index (Phi) is 7.37. The van der Waals surface area contributed by atoms with Gasteiger partial charge in [0.15, 0.2) is 0 Å². The van der Waals surface area contributed by atoms with Crippen molar-refractivity contribution in [2.45, 2.75) is 52.6 Å². The molecule has 0 bridgehead atoms. The fraction of sp³-hybridized carbons (Fsp3) is 0.917. The van der Waals surface area contributed by atoms with E-state index in [1.807, 2.05) is 0 Å². The summed E-state index contributed by atoms with van der Waals surface area (Å²) in [6.45, 7) is 7.87. The normalized spacial score (nSPS) is 13.5. The summed E-state index contributed by atoms with van der Waals surface area (Å²) in [5.74, 6) is 0. The molecule has 0 aliphatic carbocycles. The Morgan fingerprint density at radius 2 is 2.13 bits per heavy atom. The minimum absolute atomic E-state index is 0.141. The van der Waals surface area contributed by atoms with Gasteiger partial charge in [0.25, 0.3) is 0 Å². The highest BCUT2D eigenvalue weighted by Crippen LogP contribution is 2.20. The minimum atomic E-state index is -0.234. The lowest BCUT2D eigenvalue weighted by Crippen LogP contribution is -2.34. The van der Waals surface area contributed by atoms with Crippen molar-refractivity contribution in [1.82, 2.24) is 5.32 Å². The van der Waals surface area contributed by atoms with Crippen LogP contribution in [-0.2, 0) is 0 Å². The molecule has 15 heavy (non-hydrogen) atoms. The van der Waals surface area contributed by atoms with E-state index in [1.165, 1.54) is 0 Å². The number of nitrogens with one attached hydrogen (secondary N) is 1. The van der Waals surface area contributed by atoms with Crippen LogP contribution in [0.1, 0.15) is 46.5 Å². The fourth-order valence-corrected chi connectivity index (χ4v) is 1.50. The van der Waals surface area contributed by atoms with Crippen LogP contribution in [0.5, 0.6) is 0 Å². The zero-order valence-corrected chi connectivity index (χ0v) is 10.2. The van der Waals surface area contributed by atoms with Crippen molar-refractivity contribution in [3.05, 3.63) is 0 Å². The highest BCUT2D eigenvalue weighted by atomic mass is 16.3. The maximum absolute atomic E-state index is 9.51. The second kappa shape index (κ2) is 7.67. The fourth-order valence-electron chi connectivity index (χ4n) is 1.50. The predicted octanol–water partition coefficient (Wildman–Crippen LogP) is 2.07. The Bertz CT molecular complexity index is 196. The third-order valence-electron chi connectivity index (χ3n) is 2.52. The first kappa shape index (κ1) is 14.4. The van der Waals surface area contributed by atoms with Crippen LogP contribution in [0.25, 0.3) is 0 Å². The summed E-state index contributed by atoms with van der Waals surface area (Å²) in [4.78, 5) is 0. The molecule has 0 heterocycles. The van der Waals surface area contributed by atoms with E-state index in [4.69, 9.17) is 5.26 Å². The van der Waals surface area contributed by atoms with Crippen molar-refractivity contribution in [3.63, 3.8) is 0 Å². The lowest BCUT2D eigenvalue weighted by atomic mass is 9.88. The van der Waals surface area contributed by atoms with E-state index in [2.05, 4.69) is 32.2 Å². The van der Waals surface area contributed by atoms with Crippen LogP contribution >= 0.6 is 0 Å². The molecule has 2 N–H and O–H groups in total. The van der Waals surface area contributed by atoms with Crippen LogP contribution in [-0.4, -0.2) is 24.3 Å². The smallest absolute Gasteiger partial charge is 0.0664 e. The first-order valence-electron chi connectivity index (χ1n) is 5.77. The number of rotatable bonds is 8. The monoisotopic (exact) mass is 212 g/mol.